The lowest BCUT2D eigenvalue weighted by Crippen LogP contribution is -2.18. The molecule has 0 fully saturated rings. The van der Waals surface area contributed by atoms with Crippen LogP contribution in [0.25, 0.3) is 44.4 Å². The first-order chi connectivity index (χ1) is 23.7. The van der Waals surface area contributed by atoms with E-state index in [1.54, 1.807) is 36.4 Å². The Bertz CT molecular complexity index is 2120. The lowest BCUT2D eigenvalue weighted by Gasteiger charge is -2.23. The molecule has 2 heterocycles. The van der Waals surface area contributed by atoms with Crippen molar-refractivity contribution >= 4 is 21.9 Å². The first-order valence-electron chi connectivity index (χ1n) is 16.9. The van der Waals surface area contributed by atoms with E-state index in [1.807, 2.05) is 75.3 Å². The van der Waals surface area contributed by atoms with Crippen LogP contribution in [0.15, 0.2) is 67.0 Å². The number of benzene rings is 3. The van der Waals surface area contributed by atoms with Gasteiger partial charge in [0.05, 0.1) is 43.2 Å². The maximum Gasteiger partial charge on any atom is 0.336 e. The molecule has 2 aromatic heterocycles. The van der Waals surface area contributed by atoms with Crippen molar-refractivity contribution in [1.29, 1.82) is 0 Å². The third-order valence-electron chi connectivity index (χ3n) is 7.27. The van der Waals surface area contributed by atoms with E-state index in [9.17, 15) is 9.59 Å². The van der Waals surface area contributed by atoms with Crippen LogP contribution in [0, 0.1) is 0 Å². The quantitative estimate of drug-likeness (QED) is 0.111. The van der Waals surface area contributed by atoms with Crippen molar-refractivity contribution in [3.05, 3.63) is 69.2 Å². The van der Waals surface area contributed by atoms with E-state index in [0.717, 1.165) is 0 Å². The van der Waals surface area contributed by atoms with Gasteiger partial charge in [-0.25, -0.2) is 4.79 Å². The van der Waals surface area contributed by atoms with E-state index in [4.69, 9.17) is 37.3 Å². The number of rotatable bonds is 13. The Balaban J connectivity index is 1.97. The number of ether oxygens (including phenoxy) is 6. The molecular weight excluding hydrogens is 640 g/mol. The second-order valence-corrected chi connectivity index (χ2v) is 13.4. The zero-order valence-corrected chi connectivity index (χ0v) is 30.6. The Morgan fingerprint density at radius 3 is 1.78 bits per heavy atom. The van der Waals surface area contributed by atoms with Crippen LogP contribution in [-0.2, 0) is 0 Å². The van der Waals surface area contributed by atoms with Crippen LogP contribution in [0.1, 0.15) is 69.2 Å². The Hall–Kier alpha value is -5.12. The molecule has 5 rings (SSSR count). The van der Waals surface area contributed by atoms with Gasteiger partial charge in [-0.15, -0.1) is 0 Å². The van der Waals surface area contributed by atoms with Crippen LogP contribution in [0.3, 0.4) is 0 Å². The van der Waals surface area contributed by atoms with Gasteiger partial charge in [-0.05, 0) is 99.6 Å². The molecule has 50 heavy (non-hydrogen) atoms. The first kappa shape index (κ1) is 36.2. The van der Waals surface area contributed by atoms with E-state index in [1.165, 1.54) is 13.2 Å². The summed E-state index contributed by atoms with van der Waals surface area (Å²) >= 11 is 0. The van der Waals surface area contributed by atoms with E-state index in [-0.39, 0.29) is 58.7 Å². The van der Waals surface area contributed by atoms with Crippen LogP contribution >= 0.6 is 0 Å². The zero-order valence-electron chi connectivity index (χ0n) is 30.6. The Kier molecular flexibility index (Phi) is 10.7. The van der Waals surface area contributed by atoms with E-state index < -0.39 is 11.1 Å². The molecule has 5 aromatic rings. The number of hydrogen-bond acceptors (Lipinski definition) is 10. The summed E-state index contributed by atoms with van der Waals surface area (Å²) in [7, 11) is 1.51. The monoisotopic (exact) mass is 686 g/mol. The summed E-state index contributed by atoms with van der Waals surface area (Å²) in [6.45, 7) is 19.0. The smallest absolute Gasteiger partial charge is 0.336 e. The summed E-state index contributed by atoms with van der Waals surface area (Å²) in [4.78, 5) is 26.9. The van der Waals surface area contributed by atoms with E-state index in [0.29, 0.717) is 50.7 Å². The summed E-state index contributed by atoms with van der Waals surface area (Å²) in [5, 5.41) is 0.800. The maximum atomic E-state index is 14.8. The van der Waals surface area contributed by atoms with Gasteiger partial charge in [0.15, 0.2) is 22.8 Å². The number of methoxy groups -OCH3 is 1. The van der Waals surface area contributed by atoms with Crippen molar-refractivity contribution in [2.75, 3.05) is 7.11 Å². The summed E-state index contributed by atoms with van der Waals surface area (Å²) in [5.41, 5.74) is 1.14. The van der Waals surface area contributed by atoms with Gasteiger partial charge in [0.25, 0.3) is 0 Å². The largest absolute Gasteiger partial charge is 0.496 e. The summed E-state index contributed by atoms with van der Waals surface area (Å²) in [6.07, 6.45) is -1.16. The standard InChI is InChI=1S/C40H46O10/c1-20(2)44-28-14-12-26(17-31(28)45-21(3)4)38-40(48-24(9)10)37(42)36-33(47-23(7)8)19-32(46-22(5)6)35(39(36)50-38)27-16-25-13-15-34(41)49-29(25)18-30(27)43-11/h12-24H,1-11H3. The summed E-state index contributed by atoms with van der Waals surface area (Å²) in [6, 6.07) is 13.5. The maximum absolute atomic E-state index is 14.8. The number of fused-ring (bicyclic) bond motifs is 2. The van der Waals surface area contributed by atoms with E-state index >= 15 is 0 Å². The fraction of sp³-hybridized carbons (Fsp3) is 0.400. The molecular formula is C40H46O10. The zero-order chi connectivity index (χ0) is 36.4. The summed E-state index contributed by atoms with van der Waals surface area (Å²) < 4.78 is 49.4. The van der Waals surface area contributed by atoms with Gasteiger partial charge in [0.2, 0.25) is 11.2 Å². The van der Waals surface area contributed by atoms with Crippen LogP contribution < -0.4 is 39.5 Å². The predicted molar refractivity (Wildman–Crippen MR) is 195 cm³/mol. The van der Waals surface area contributed by atoms with Gasteiger partial charge in [-0.2, -0.15) is 0 Å². The van der Waals surface area contributed by atoms with Gasteiger partial charge < -0.3 is 37.3 Å². The van der Waals surface area contributed by atoms with Crippen molar-refractivity contribution in [2.24, 2.45) is 0 Å². The minimum atomic E-state index is -0.490. The summed E-state index contributed by atoms with van der Waals surface area (Å²) in [5.74, 6) is 2.29. The van der Waals surface area contributed by atoms with Crippen LogP contribution in [0.2, 0.25) is 0 Å². The van der Waals surface area contributed by atoms with Crippen molar-refractivity contribution in [1.82, 2.24) is 0 Å². The molecule has 0 spiro atoms. The molecule has 0 N–H and O–H groups in total. The highest BCUT2D eigenvalue weighted by Crippen LogP contribution is 2.48. The number of hydrogen-bond donors (Lipinski definition) is 0. The molecule has 0 saturated carbocycles. The molecule has 0 unspecified atom stereocenters. The third-order valence-corrected chi connectivity index (χ3v) is 7.27. The molecule has 0 atom stereocenters. The van der Waals surface area contributed by atoms with Gasteiger partial charge in [-0.1, -0.05) is 0 Å². The minimum absolute atomic E-state index is 0.0184. The van der Waals surface area contributed by atoms with Gasteiger partial charge in [0.1, 0.15) is 28.2 Å². The van der Waals surface area contributed by atoms with Gasteiger partial charge in [0, 0.05) is 34.7 Å². The van der Waals surface area contributed by atoms with Crippen LogP contribution in [0.5, 0.6) is 34.5 Å². The normalized spacial score (nSPS) is 11.8. The molecule has 0 amide bonds. The van der Waals surface area contributed by atoms with Crippen LogP contribution in [0.4, 0.5) is 0 Å². The van der Waals surface area contributed by atoms with Gasteiger partial charge >= 0.3 is 5.63 Å². The predicted octanol–water partition coefficient (Wildman–Crippen LogP) is 9.18. The highest BCUT2D eigenvalue weighted by Gasteiger charge is 2.29. The van der Waals surface area contributed by atoms with Crippen molar-refractivity contribution in [3.63, 3.8) is 0 Å². The fourth-order valence-electron chi connectivity index (χ4n) is 5.58. The van der Waals surface area contributed by atoms with E-state index in [2.05, 4.69) is 0 Å². The molecule has 0 aliphatic rings. The molecule has 266 valence electrons. The highest BCUT2D eigenvalue weighted by atomic mass is 16.5. The molecule has 0 aliphatic heterocycles. The SMILES string of the molecule is COc1cc2oc(=O)ccc2cc1-c1c(OC(C)C)cc(OC(C)C)c2c(=O)c(OC(C)C)c(-c3ccc(OC(C)C)c(OC(C)C)c3)oc12. The van der Waals surface area contributed by atoms with Crippen LogP contribution in [-0.4, -0.2) is 37.6 Å². The topological polar surface area (TPSA) is 116 Å². The second-order valence-electron chi connectivity index (χ2n) is 13.4. The Morgan fingerprint density at radius 1 is 0.560 bits per heavy atom. The first-order valence-corrected chi connectivity index (χ1v) is 16.9. The minimum Gasteiger partial charge on any atom is -0.496 e. The molecule has 0 aliphatic carbocycles. The molecule has 0 bridgehead atoms. The Morgan fingerprint density at radius 2 is 1.16 bits per heavy atom. The van der Waals surface area contributed by atoms with Gasteiger partial charge in [-0.3, -0.25) is 4.79 Å². The fourth-order valence-corrected chi connectivity index (χ4v) is 5.58. The average molecular weight is 687 g/mol. The molecule has 3 aromatic carbocycles. The third kappa shape index (κ3) is 7.69. The van der Waals surface area contributed by atoms with Crippen molar-refractivity contribution in [3.8, 4) is 56.9 Å². The lowest BCUT2D eigenvalue weighted by molar-refractivity contribution is 0.199. The van der Waals surface area contributed by atoms with Crippen molar-refractivity contribution in [2.45, 2.75) is 99.8 Å². The molecule has 10 heteroatoms. The van der Waals surface area contributed by atoms with Crippen molar-refractivity contribution < 1.29 is 37.3 Å². The highest BCUT2D eigenvalue weighted by molar-refractivity contribution is 6.03. The molecule has 0 radical (unpaired) electrons. The average Bonchev–Trinajstić information content (AvgIpc) is 3.01. The second kappa shape index (κ2) is 14.8. The molecule has 0 saturated heterocycles. The lowest BCUT2D eigenvalue weighted by atomic mass is 9.97. The molecule has 10 nitrogen and oxygen atoms in total. The Labute approximate surface area is 291 Å².